The largest absolute Gasteiger partial charge is 0.485 e. The lowest BCUT2D eigenvalue weighted by Gasteiger charge is -2.12. The van der Waals surface area contributed by atoms with Gasteiger partial charge in [0.25, 0.3) is 5.91 Å². The van der Waals surface area contributed by atoms with Gasteiger partial charge in [0, 0.05) is 39.3 Å². The summed E-state index contributed by atoms with van der Waals surface area (Å²) >= 11 is 0. The van der Waals surface area contributed by atoms with Crippen LogP contribution in [0.3, 0.4) is 0 Å². The first kappa shape index (κ1) is 18.4. The predicted molar refractivity (Wildman–Crippen MR) is 99.4 cm³/mol. The number of nitrogens with zero attached hydrogens (tertiary/aromatic N) is 4. The number of aromatic nitrogens is 3. The molecular weight excluding hydrogens is 346 g/mol. The van der Waals surface area contributed by atoms with Crippen molar-refractivity contribution in [3.05, 3.63) is 65.4 Å². The van der Waals surface area contributed by atoms with Crippen molar-refractivity contribution in [2.24, 2.45) is 0 Å². The average molecular weight is 367 g/mol. The summed E-state index contributed by atoms with van der Waals surface area (Å²) < 4.78 is 10.5. The van der Waals surface area contributed by atoms with E-state index in [2.05, 4.69) is 20.4 Å². The topological polar surface area (TPSA) is 93.4 Å². The number of benzene rings is 1. The molecule has 0 aliphatic heterocycles. The minimum Gasteiger partial charge on any atom is -0.485 e. The number of hydrogen-bond donors (Lipinski definition) is 1. The predicted octanol–water partition coefficient (Wildman–Crippen LogP) is 2.67. The van der Waals surface area contributed by atoms with Crippen LogP contribution in [0.25, 0.3) is 0 Å². The van der Waals surface area contributed by atoms with Gasteiger partial charge in [0.15, 0.2) is 6.61 Å². The van der Waals surface area contributed by atoms with Crippen molar-refractivity contribution in [3.63, 3.8) is 0 Å². The lowest BCUT2D eigenvalue weighted by molar-refractivity contribution is 0.0827. The number of pyridine rings is 1. The number of nitrogens with one attached hydrogen (secondary N) is 1. The minimum atomic E-state index is -0.0567. The molecule has 0 bridgehead atoms. The molecule has 1 aromatic carbocycles. The average Bonchev–Trinajstić information content (AvgIpc) is 3.10. The van der Waals surface area contributed by atoms with E-state index in [4.69, 9.17) is 9.26 Å². The SMILES string of the molecule is Cc1nc(COc2ccc(CNc3cc(C(=O)N(C)C)ccn3)cc2)no1. The maximum Gasteiger partial charge on any atom is 0.253 e. The molecule has 3 rings (SSSR count). The summed E-state index contributed by atoms with van der Waals surface area (Å²) in [4.78, 5) is 21.9. The van der Waals surface area contributed by atoms with Gasteiger partial charge in [-0.2, -0.15) is 4.98 Å². The summed E-state index contributed by atoms with van der Waals surface area (Å²) in [6.45, 7) is 2.57. The standard InChI is InChI=1S/C19H21N5O3/c1-13-22-18(23-27-13)12-26-16-6-4-14(5-7-16)11-21-17-10-15(8-9-20-17)19(25)24(2)3/h4-10H,11-12H2,1-3H3,(H,20,21). The first-order valence-corrected chi connectivity index (χ1v) is 8.44. The third-order valence-corrected chi connectivity index (χ3v) is 3.75. The van der Waals surface area contributed by atoms with Gasteiger partial charge >= 0.3 is 0 Å². The van der Waals surface area contributed by atoms with Crippen LogP contribution in [0.2, 0.25) is 0 Å². The van der Waals surface area contributed by atoms with Crippen molar-refractivity contribution in [2.45, 2.75) is 20.1 Å². The number of carbonyl (C=O) groups excluding carboxylic acids is 1. The summed E-state index contributed by atoms with van der Waals surface area (Å²) in [7, 11) is 3.44. The molecule has 2 heterocycles. The highest BCUT2D eigenvalue weighted by molar-refractivity contribution is 5.94. The van der Waals surface area contributed by atoms with Crippen molar-refractivity contribution < 1.29 is 14.1 Å². The number of ether oxygens (including phenoxy) is 1. The number of carbonyl (C=O) groups is 1. The van der Waals surface area contributed by atoms with E-state index in [0.29, 0.717) is 29.6 Å². The summed E-state index contributed by atoms with van der Waals surface area (Å²) in [5, 5.41) is 7.01. The molecule has 0 spiro atoms. The van der Waals surface area contributed by atoms with Gasteiger partial charge < -0.3 is 19.5 Å². The van der Waals surface area contributed by atoms with Crippen molar-refractivity contribution in [3.8, 4) is 5.75 Å². The Bertz CT molecular complexity index is 906. The van der Waals surface area contributed by atoms with Crippen LogP contribution in [0, 0.1) is 6.92 Å². The lowest BCUT2D eigenvalue weighted by atomic mass is 10.2. The van der Waals surface area contributed by atoms with E-state index in [1.165, 1.54) is 4.90 Å². The van der Waals surface area contributed by atoms with Crippen LogP contribution in [0.1, 0.15) is 27.6 Å². The van der Waals surface area contributed by atoms with Gasteiger partial charge in [-0.25, -0.2) is 4.98 Å². The van der Waals surface area contributed by atoms with E-state index >= 15 is 0 Å². The van der Waals surface area contributed by atoms with E-state index in [1.54, 1.807) is 39.3 Å². The van der Waals surface area contributed by atoms with Crippen LogP contribution >= 0.6 is 0 Å². The van der Waals surface area contributed by atoms with Crippen LogP contribution in [0.5, 0.6) is 5.75 Å². The number of hydrogen-bond acceptors (Lipinski definition) is 7. The van der Waals surface area contributed by atoms with Gasteiger partial charge in [0.1, 0.15) is 11.6 Å². The van der Waals surface area contributed by atoms with Crippen molar-refractivity contribution in [2.75, 3.05) is 19.4 Å². The zero-order valence-electron chi connectivity index (χ0n) is 15.5. The highest BCUT2D eigenvalue weighted by Crippen LogP contribution is 2.15. The Kier molecular flexibility index (Phi) is 5.65. The van der Waals surface area contributed by atoms with E-state index in [0.717, 1.165) is 11.3 Å². The second-order valence-corrected chi connectivity index (χ2v) is 6.15. The van der Waals surface area contributed by atoms with Crippen LogP contribution in [0.15, 0.2) is 47.1 Å². The van der Waals surface area contributed by atoms with Crippen LogP contribution in [-0.2, 0) is 13.2 Å². The quantitative estimate of drug-likeness (QED) is 0.686. The number of aryl methyl sites for hydroxylation is 1. The second-order valence-electron chi connectivity index (χ2n) is 6.15. The fourth-order valence-corrected chi connectivity index (χ4v) is 2.36. The van der Waals surface area contributed by atoms with E-state index in [9.17, 15) is 4.79 Å². The summed E-state index contributed by atoms with van der Waals surface area (Å²) in [6, 6.07) is 11.1. The molecule has 2 aromatic heterocycles. The molecule has 0 aliphatic carbocycles. The molecule has 0 atom stereocenters. The highest BCUT2D eigenvalue weighted by atomic mass is 16.5. The lowest BCUT2D eigenvalue weighted by Crippen LogP contribution is -2.21. The van der Waals surface area contributed by atoms with Crippen LogP contribution < -0.4 is 10.1 Å². The second kappa shape index (κ2) is 8.31. The fourth-order valence-electron chi connectivity index (χ4n) is 2.36. The highest BCUT2D eigenvalue weighted by Gasteiger charge is 2.09. The van der Waals surface area contributed by atoms with Gasteiger partial charge in [-0.15, -0.1) is 0 Å². The molecule has 8 heteroatoms. The Morgan fingerprint density at radius 2 is 2.00 bits per heavy atom. The van der Waals surface area contributed by atoms with Gasteiger partial charge in [-0.3, -0.25) is 4.79 Å². The number of anilines is 1. The molecular formula is C19H21N5O3. The summed E-state index contributed by atoms with van der Waals surface area (Å²) in [5.74, 6) is 2.34. The van der Waals surface area contributed by atoms with Gasteiger partial charge in [-0.1, -0.05) is 17.3 Å². The molecule has 140 valence electrons. The third kappa shape index (κ3) is 5.04. The molecule has 27 heavy (non-hydrogen) atoms. The monoisotopic (exact) mass is 367 g/mol. The van der Waals surface area contributed by atoms with Crippen molar-refractivity contribution in [1.29, 1.82) is 0 Å². The van der Waals surface area contributed by atoms with Crippen molar-refractivity contribution in [1.82, 2.24) is 20.0 Å². The molecule has 0 saturated heterocycles. The Morgan fingerprint density at radius 3 is 2.67 bits per heavy atom. The molecule has 0 saturated carbocycles. The molecule has 1 N–H and O–H groups in total. The molecule has 0 fully saturated rings. The molecule has 1 amide bonds. The summed E-state index contributed by atoms with van der Waals surface area (Å²) in [6.07, 6.45) is 1.62. The maximum atomic E-state index is 12.0. The fraction of sp³-hybridized carbons (Fsp3) is 0.263. The van der Waals surface area contributed by atoms with Gasteiger partial charge in [0.05, 0.1) is 0 Å². The van der Waals surface area contributed by atoms with Gasteiger partial charge in [0.2, 0.25) is 11.7 Å². The van der Waals surface area contributed by atoms with E-state index in [-0.39, 0.29) is 12.5 Å². The molecule has 3 aromatic rings. The molecule has 8 nitrogen and oxygen atoms in total. The Hall–Kier alpha value is -3.42. The molecule has 0 aliphatic rings. The van der Waals surface area contributed by atoms with Crippen LogP contribution in [-0.4, -0.2) is 40.0 Å². The first-order chi connectivity index (χ1) is 13.0. The van der Waals surface area contributed by atoms with E-state index < -0.39 is 0 Å². The molecule has 0 unspecified atom stereocenters. The normalized spacial score (nSPS) is 10.5. The zero-order valence-corrected chi connectivity index (χ0v) is 15.5. The summed E-state index contributed by atoms with van der Waals surface area (Å²) in [5.41, 5.74) is 1.65. The number of amides is 1. The Balaban J connectivity index is 1.54. The zero-order chi connectivity index (χ0) is 19.2. The Labute approximate surface area is 157 Å². The van der Waals surface area contributed by atoms with E-state index in [1.807, 2.05) is 24.3 Å². The smallest absolute Gasteiger partial charge is 0.253 e. The van der Waals surface area contributed by atoms with Gasteiger partial charge in [-0.05, 0) is 29.8 Å². The first-order valence-electron chi connectivity index (χ1n) is 8.44. The number of rotatable bonds is 7. The van der Waals surface area contributed by atoms with Crippen molar-refractivity contribution >= 4 is 11.7 Å². The third-order valence-electron chi connectivity index (χ3n) is 3.75. The molecule has 0 radical (unpaired) electrons. The Morgan fingerprint density at radius 1 is 1.22 bits per heavy atom. The minimum absolute atomic E-state index is 0.0567. The maximum absolute atomic E-state index is 12.0. The van der Waals surface area contributed by atoms with Crippen LogP contribution in [0.4, 0.5) is 5.82 Å².